The van der Waals surface area contributed by atoms with Gasteiger partial charge in [-0.1, -0.05) is 29.8 Å². The number of hydrogen-bond donors (Lipinski definition) is 2. The maximum atomic E-state index is 12.7. The highest BCUT2D eigenvalue weighted by Crippen LogP contribution is 2.43. The van der Waals surface area contributed by atoms with Crippen LogP contribution in [0.1, 0.15) is 49.8 Å². The van der Waals surface area contributed by atoms with Gasteiger partial charge < -0.3 is 10.6 Å². The number of carbonyl (C=O) groups excluding carboxylic acids is 3. The minimum absolute atomic E-state index is 0.0568. The van der Waals surface area contributed by atoms with E-state index in [2.05, 4.69) is 10.6 Å². The van der Waals surface area contributed by atoms with Gasteiger partial charge in [0.2, 0.25) is 5.91 Å². The quantitative estimate of drug-likeness (QED) is 0.769. The number of amides is 4. The largest absolute Gasteiger partial charge is 0.347 e. The lowest BCUT2D eigenvalue weighted by Crippen LogP contribution is -2.47. The van der Waals surface area contributed by atoms with E-state index in [0.717, 1.165) is 36.1 Å². The van der Waals surface area contributed by atoms with Gasteiger partial charge >= 0.3 is 6.03 Å². The number of rotatable bonds is 6. The molecule has 0 radical (unpaired) electrons. The van der Waals surface area contributed by atoms with E-state index in [1.54, 1.807) is 6.92 Å². The number of nitrogens with zero attached hydrogens (tertiary/aromatic N) is 1. The zero-order chi connectivity index (χ0) is 18.5. The fraction of sp³-hybridized carbons (Fsp3) is 0.550. The van der Waals surface area contributed by atoms with E-state index in [1.165, 1.54) is 5.56 Å². The maximum absolute atomic E-state index is 12.7. The van der Waals surface area contributed by atoms with E-state index >= 15 is 0 Å². The van der Waals surface area contributed by atoms with Crippen LogP contribution in [0.3, 0.4) is 0 Å². The zero-order valence-electron chi connectivity index (χ0n) is 15.2. The van der Waals surface area contributed by atoms with Crippen molar-refractivity contribution in [1.82, 2.24) is 15.5 Å². The summed E-state index contributed by atoms with van der Waals surface area (Å²) in [6.07, 6.45) is 4.06. The van der Waals surface area contributed by atoms with Gasteiger partial charge in [0, 0.05) is 0 Å². The molecule has 3 aliphatic rings. The number of aryl methyl sites for hydroxylation is 1. The van der Waals surface area contributed by atoms with Crippen molar-refractivity contribution in [2.24, 2.45) is 11.8 Å². The molecule has 138 valence electrons. The second-order valence-electron chi connectivity index (χ2n) is 8.09. The summed E-state index contributed by atoms with van der Waals surface area (Å²) in [7, 11) is 0. The van der Waals surface area contributed by atoms with Crippen molar-refractivity contribution in [3.8, 4) is 0 Å². The van der Waals surface area contributed by atoms with E-state index in [-0.39, 0.29) is 30.3 Å². The van der Waals surface area contributed by atoms with Crippen LogP contribution >= 0.6 is 0 Å². The predicted molar refractivity (Wildman–Crippen MR) is 96.2 cm³/mol. The molecule has 0 spiro atoms. The van der Waals surface area contributed by atoms with Gasteiger partial charge in [-0.25, -0.2) is 4.79 Å². The third kappa shape index (κ3) is 3.08. The molecule has 0 aromatic heterocycles. The summed E-state index contributed by atoms with van der Waals surface area (Å²) < 4.78 is 0. The molecule has 1 heterocycles. The fourth-order valence-corrected chi connectivity index (χ4v) is 3.84. The lowest BCUT2D eigenvalue weighted by molar-refractivity contribution is -0.135. The minimum atomic E-state index is -0.843. The molecule has 26 heavy (non-hydrogen) atoms. The molecule has 4 rings (SSSR count). The molecule has 6 nitrogen and oxygen atoms in total. The molecule has 1 aliphatic heterocycles. The van der Waals surface area contributed by atoms with Crippen molar-refractivity contribution >= 4 is 17.8 Å². The Morgan fingerprint density at radius 1 is 1.23 bits per heavy atom. The number of carbonyl (C=O) groups is 3. The molecule has 2 unspecified atom stereocenters. The lowest BCUT2D eigenvalue weighted by Gasteiger charge is -2.22. The third-order valence-corrected chi connectivity index (χ3v) is 5.84. The molecule has 2 saturated carbocycles. The lowest BCUT2D eigenvalue weighted by atomic mass is 9.96. The van der Waals surface area contributed by atoms with Crippen LogP contribution in [-0.4, -0.2) is 34.8 Å². The predicted octanol–water partition coefficient (Wildman–Crippen LogP) is 2.28. The monoisotopic (exact) mass is 355 g/mol. The molecule has 3 fully saturated rings. The molecule has 4 amide bonds. The van der Waals surface area contributed by atoms with Crippen LogP contribution in [0.4, 0.5) is 4.79 Å². The smallest absolute Gasteiger partial charge is 0.325 e. The first-order valence-corrected chi connectivity index (χ1v) is 9.38. The Kier molecular flexibility index (Phi) is 4.01. The number of hydrogen-bond acceptors (Lipinski definition) is 3. The fourth-order valence-electron chi connectivity index (χ4n) is 3.84. The van der Waals surface area contributed by atoms with Gasteiger partial charge in [0.1, 0.15) is 12.1 Å². The molecule has 2 atom stereocenters. The van der Waals surface area contributed by atoms with Crippen LogP contribution in [0.5, 0.6) is 0 Å². The summed E-state index contributed by atoms with van der Waals surface area (Å²) in [6, 6.07) is 7.63. The van der Waals surface area contributed by atoms with Crippen molar-refractivity contribution in [3.05, 3.63) is 35.4 Å². The standard InChI is InChI=1S/C20H25N3O3/c1-12-3-5-13(6-4-12)17(14-7-8-14)21-16(24)11-23-18(25)20(2,15-9-10-15)22-19(23)26/h3-6,14-15,17H,7-11H2,1-2H3,(H,21,24)(H,22,26). The number of urea groups is 1. The van der Waals surface area contributed by atoms with Gasteiger partial charge in [0.15, 0.2) is 0 Å². The molecule has 1 aromatic rings. The zero-order valence-corrected chi connectivity index (χ0v) is 15.2. The Hall–Kier alpha value is -2.37. The highest BCUT2D eigenvalue weighted by atomic mass is 16.2. The van der Waals surface area contributed by atoms with Crippen LogP contribution < -0.4 is 10.6 Å². The Balaban J connectivity index is 1.43. The number of imide groups is 1. The number of benzene rings is 1. The second-order valence-corrected chi connectivity index (χ2v) is 8.09. The first-order chi connectivity index (χ1) is 12.4. The van der Waals surface area contributed by atoms with Crippen molar-refractivity contribution in [1.29, 1.82) is 0 Å². The Labute approximate surface area is 153 Å². The van der Waals surface area contributed by atoms with Crippen molar-refractivity contribution in [3.63, 3.8) is 0 Å². The van der Waals surface area contributed by atoms with Gasteiger partial charge in [0.25, 0.3) is 5.91 Å². The molecular formula is C20H25N3O3. The molecule has 6 heteroatoms. The van der Waals surface area contributed by atoms with E-state index in [1.807, 2.05) is 31.2 Å². The van der Waals surface area contributed by atoms with E-state index in [9.17, 15) is 14.4 Å². The van der Waals surface area contributed by atoms with Crippen LogP contribution in [0.2, 0.25) is 0 Å². The first kappa shape index (κ1) is 17.1. The number of nitrogens with one attached hydrogen (secondary N) is 2. The average Bonchev–Trinajstić information content (AvgIpc) is 3.48. The summed E-state index contributed by atoms with van der Waals surface area (Å²) in [5.41, 5.74) is 1.41. The van der Waals surface area contributed by atoms with Crippen LogP contribution in [0.15, 0.2) is 24.3 Å². The summed E-state index contributed by atoms with van der Waals surface area (Å²) in [6.45, 7) is 3.58. The summed E-state index contributed by atoms with van der Waals surface area (Å²) in [5.74, 6) is 0.0600. The van der Waals surface area contributed by atoms with Crippen LogP contribution in [0, 0.1) is 18.8 Å². The topological polar surface area (TPSA) is 78.5 Å². The highest BCUT2D eigenvalue weighted by Gasteiger charge is 2.56. The Morgan fingerprint density at radius 3 is 2.46 bits per heavy atom. The first-order valence-electron chi connectivity index (χ1n) is 9.38. The molecule has 1 aromatic carbocycles. The van der Waals surface area contributed by atoms with Crippen LogP contribution in [0.25, 0.3) is 0 Å². The molecule has 2 aliphatic carbocycles. The summed E-state index contributed by atoms with van der Waals surface area (Å²) in [5, 5.41) is 5.82. The van der Waals surface area contributed by atoms with Gasteiger partial charge in [-0.3, -0.25) is 14.5 Å². The normalized spacial score (nSPS) is 26.6. The van der Waals surface area contributed by atoms with Gasteiger partial charge in [-0.05, 0) is 56.9 Å². The SMILES string of the molecule is Cc1ccc(C(NC(=O)CN2C(=O)NC(C)(C3CC3)C2=O)C2CC2)cc1. The van der Waals surface area contributed by atoms with Gasteiger partial charge in [0.05, 0.1) is 6.04 Å². The molecular weight excluding hydrogens is 330 g/mol. The van der Waals surface area contributed by atoms with Gasteiger partial charge in [-0.15, -0.1) is 0 Å². The van der Waals surface area contributed by atoms with Gasteiger partial charge in [-0.2, -0.15) is 0 Å². The minimum Gasteiger partial charge on any atom is -0.347 e. The average molecular weight is 355 g/mol. The van der Waals surface area contributed by atoms with Crippen LogP contribution in [-0.2, 0) is 9.59 Å². The third-order valence-electron chi connectivity index (χ3n) is 5.84. The molecule has 1 saturated heterocycles. The Bertz CT molecular complexity index is 752. The van der Waals surface area contributed by atoms with Crippen molar-refractivity contribution in [2.45, 2.75) is 51.1 Å². The van der Waals surface area contributed by atoms with E-state index < -0.39 is 11.6 Å². The van der Waals surface area contributed by atoms with Crippen molar-refractivity contribution < 1.29 is 14.4 Å². The van der Waals surface area contributed by atoms with E-state index in [0.29, 0.717) is 5.92 Å². The molecule has 2 N–H and O–H groups in total. The van der Waals surface area contributed by atoms with E-state index in [4.69, 9.17) is 0 Å². The Morgan fingerprint density at radius 2 is 1.88 bits per heavy atom. The summed E-state index contributed by atoms with van der Waals surface area (Å²) >= 11 is 0. The maximum Gasteiger partial charge on any atom is 0.325 e. The molecule has 0 bridgehead atoms. The van der Waals surface area contributed by atoms with Crippen molar-refractivity contribution in [2.75, 3.05) is 6.54 Å². The second kappa shape index (κ2) is 6.11. The highest BCUT2D eigenvalue weighted by molar-refractivity contribution is 6.09. The summed E-state index contributed by atoms with van der Waals surface area (Å²) in [4.78, 5) is 38.5.